The van der Waals surface area contributed by atoms with Crippen molar-refractivity contribution in [2.24, 2.45) is 5.92 Å². The minimum atomic E-state index is -0.0195. The Hall–Kier alpha value is -2.73. The van der Waals surface area contributed by atoms with Gasteiger partial charge in [0.15, 0.2) is 0 Å². The molecule has 2 aliphatic heterocycles. The zero-order chi connectivity index (χ0) is 22.7. The Labute approximate surface area is 191 Å². The molecule has 0 spiro atoms. The summed E-state index contributed by atoms with van der Waals surface area (Å²) in [5.74, 6) is 3.03. The topological polar surface area (TPSA) is 51.2 Å². The normalized spacial score (nSPS) is 21.3. The van der Waals surface area contributed by atoms with Crippen LogP contribution in [0, 0.1) is 12.8 Å². The number of methoxy groups -OCH3 is 2. The molecule has 2 heterocycles. The van der Waals surface area contributed by atoms with Crippen molar-refractivity contribution in [3.63, 3.8) is 0 Å². The summed E-state index contributed by atoms with van der Waals surface area (Å²) in [7, 11) is 3.37. The summed E-state index contributed by atoms with van der Waals surface area (Å²) in [6.45, 7) is 7.86. The van der Waals surface area contributed by atoms with Crippen molar-refractivity contribution in [1.82, 2.24) is 9.80 Å². The first kappa shape index (κ1) is 22.5. The number of likely N-dealkylation sites (tertiary alicyclic amines) is 1. The lowest BCUT2D eigenvalue weighted by Gasteiger charge is -2.37. The number of nitrogens with zero attached hydrogens (tertiary/aromatic N) is 2. The summed E-state index contributed by atoms with van der Waals surface area (Å²) in [6.07, 6.45) is 2.23. The molecule has 2 aromatic rings. The maximum Gasteiger partial charge on any atom is 0.219 e. The summed E-state index contributed by atoms with van der Waals surface area (Å²) in [5, 5.41) is 0. The fraction of sp³-hybridized carbons (Fsp3) is 0.500. The van der Waals surface area contributed by atoms with Crippen molar-refractivity contribution in [2.45, 2.75) is 45.9 Å². The molecule has 2 aliphatic rings. The van der Waals surface area contributed by atoms with E-state index >= 15 is 0 Å². The third-order valence-corrected chi connectivity index (χ3v) is 6.69. The molecule has 6 nitrogen and oxygen atoms in total. The highest BCUT2D eigenvalue weighted by Gasteiger charge is 2.33. The minimum Gasteiger partial charge on any atom is -0.497 e. The van der Waals surface area contributed by atoms with Gasteiger partial charge in [0.05, 0.1) is 20.8 Å². The highest BCUT2D eigenvalue weighted by atomic mass is 16.5. The second kappa shape index (κ2) is 9.82. The first-order chi connectivity index (χ1) is 15.5. The van der Waals surface area contributed by atoms with Gasteiger partial charge in [0, 0.05) is 38.0 Å². The number of rotatable bonds is 5. The Morgan fingerprint density at radius 1 is 1.12 bits per heavy atom. The van der Waals surface area contributed by atoms with E-state index in [0.29, 0.717) is 19.0 Å². The van der Waals surface area contributed by atoms with Crippen LogP contribution in [0.3, 0.4) is 0 Å². The number of carbonyl (C=O) groups excluding carboxylic acids is 1. The monoisotopic (exact) mass is 438 g/mol. The molecule has 6 heteroatoms. The lowest BCUT2D eigenvalue weighted by Crippen LogP contribution is -2.46. The van der Waals surface area contributed by atoms with Crippen LogP contribution < -0.4 is 14.2 Å². The molecule has 0 radical (unpaired) electrons. The van der Waals surface area contributed by atoms with E-state index in [-0.39, 0.29) is 12.0 Å². The lowest BCUT2D eigenvalue weighted by atomic mass is 9.91. The fourth-order valence-corrected chi connectivity index (χ4v) is 4.93. The molecule has 0 bridgehead atoms. The quantitative estimate of drug-likeness (QED) is 0.705. The molecule has 4 rings (SSSR count). The SMILES string of the molecule is COc1ccc2c(c1)CN(C(C)=O)C[C@@H]([C@@H]1CCCN(Cc3ccc(OC)c(C)c3)C1)O2. The maximum atomic E-state index is 12.4. The summed E-state index contributed by atoms with van der Waals surface area (Å²) >= 11 is 0. The summed E-state index contributed by atoms with van der Waals surface area (Å²) < 4.78 is 17.3. The van der Waals surface area contributed by atoms with E-state index in [0.717, 1.165) is 60.9 Å². The molecule has 2 atom stereocenters. The van der Waals surface area contributed by atoms with Crippen LogP contribution in [0.25, 0.3) is 0 Å². The zero-order valence-corrected chi connectivity index (χ0v) is 19.6. The molecule has 0 N–H and O–H groups in total. The van der Waals surface area contributed by atoms with E-state index in [1.165, 1.54) is 5.56 Å². The van der Waals surface area contributed by atoms with Crippen LogP contribution in [0.2, 0.25) is 0 Å². The molecule has 1 fully saturated rings. The van der Waals surface area contributed by atoms with Crippen LogP contribution in [0.5, 0.6) is 17.2 Å². The fourth-order valence-electron chi connectivity index (χ4n) is 4.93. The van der Waals surface area contributed by atoms with E-state index in [9.17, 15) is 4.79 Å². The molecule has 172 valence electrons. The van der Waals surface area contributed by atoms with Crippen LogP contribution in [-0.2, 0) is 17.9 Å². The van der Waals surface area contributed by atoms with Gasteiger partial charge in [0.1, 0.15) is 23.4 Å². The molecular formula is C26H34N2O4. The molecular weight excluding hydrogens is 404 g/mol. The Morgan fingerprint density at radius 3 is 2.69 bits per heavy atom. The number of benzene rings is 2. The minimum absolute atomic E-state index is 0.0195. The molecule has 0 unspecified atom stereocenters. The molecule has 1 saturated heterocycles. The van der Waals surface area contributed by atoms with Gasteiger partial charge < -0.3 is 19.1 Å². The zero-order valence-electron chi connectivity index (χ0n) is 19.6. The predicted molar refractivity (Wildman–Crippen MR) is 124 cm³/mol. The van der Waals surface area contributed by atoms with Crippen molar-refractivity contribution in [3.8, 4) is 17.2 Å². The Balaban J connectivity index is 1.49. The van der Waals surface area contributed by atoms with Crippen LogP contribution in [0.1, 0.15) is 36.5 Å². The van der Waals surface area contributed by atoms with Crippen LogP contribution in [0.4, 0.5) is 0 Å². The van der Waals surface area contributed by atoms with Crippen molar-refractivity contribution < 1.29 is 19.0 Å². The van der Waals surface area contributed by atoms with Gasteiger partial charge in [-0.2, -0.15) is 0 Å². The van der Waals surface area contributed by atoms with Gasteiger partial charge in [-0.15, -0.1) is 0 Å². The first-order valence-corrected chi connectivity index (χ1v) is 11.4. The van der Waals surface area contributed by atoms with Crippen LogP contribution >= 0.6 is 0 Å². The maximum absolute atomic E-state index is 12.4. The van der Waals surface area contributed by atoms with E-state index in [4.69, 9.17) is 14.2 Å². The Bertz CT molecular complexity index is 961. The number of fused-ring (bicyclic) bond motifs is 1. The van der Waals surface area contributed by atoms with Gasteiger partial charge >= 0.3 is 0 Å². The van der Waals surface area contributed by atoms with Gasteiger partial charge in [-0.25, -0.2) is 0 Å². The Kier molecular flexibility index (Phi) is 6.89. The smallest absolute Gasteiger partial charge is 0.219 e. The number of piperidine rings is 1. The van der Waals surface area contributed by atoms with Gasteiger partial charge in [-0.3, -0.25) is 9.69 Å². The summed E-state index contributed by atoms with van der Waals surface area (Å²) in [6, 6.07) is 12.3. The van der Waals surface area contributed by atoms with Gasteiger partial charge in [0.25, 0.3) is 0 Å². The van der Waals surface area contributed by atoms with Gasteiger partial charge in [-0.1, -0.05) is 12.1 Å². The molecule has 1 amide bonds. The van der Waals surface area contributed by atoms with E-state index < -0.39 is 0 Å². The predicted octanol–water partition coefficient (Wildman–Crippen LogP) is 4.03. The highest BCUT2D eigenvalue weighted by Crippen LogP contribution is 2.33. The first-order valence-electron chi connectivity index (χ1n) is 11.4. The molecule has 0 aliphatic carbocycles. The lowest BCUT2D eigenvalue weighted by molar-refractivity contribution is -0.130. The largest absolute Gasteiger partial charge is 0.497 e. The number of hydrogen-bond acceptors (Lipinski definition) is 5. The second-order valence-electron chi connectivity index (χ2n) is 8.97. The van der Waals surface area contributed by atoms with Crippen molar-refractivity contribution in [1.29, 1.82) is 0 Å². The van der Waals surface area contributed by atoms with Crippen molar-refractivity contribution in [3.05, 3.63) is 53.1 Å². The van der Waals surface area contributed by atoms with E-state index in [1.807, 2.05) is 23.1 Å². The van der Waals surface area contributed by atoms with E-state index in [2.05, 4.69) is 30.0 Å². The number of aryl methyl sites for hydroxylation is 1. The molecule has 32 heavy (non-hydrogen) atoms. The van der Waals surface area contributed by atoms with E-state index in [1.54, 1.807) is 21.1 Å². The number of ether oxygens (including phenoxy) is 3. The van der Waals surface area contributed by atoms with Crippen LogP contribution in [0.15, 0.2) is 36.4 Å². The number of amides is 1. The number of carbonyl (C=O) groups is 1. The summed E-state index contributed by atoms with van der Waals surface area (Å²) in [5.41, 5.74) is 3.46. The molecule has 0 saturated carbocycles. The standard InChI is InChI=1S/C26H34N2O4/c1-18-12-20(7-9-24(18)31-4)14-27-11-5-6-21(15-27)26-17-28(19(2)29)16-22-13-23(30-3)8-10-25(22)32-26/h7-10,12-13,21,26H,5-6,11,14-17H2,1-4H3/t21-,26+/m1/s1. The third kappa shape index (κ3) is 5.01. The van der Waals surface area contributed by atoms with Gasteiger partial charge in [-0.05, 0) is 61.7 Å². The van der Waals surface area contributed by atoms with Crippen LogP contribution in [-0.4, -0.2) is 55.7 Å². The van der Waals surface area contributed by atoms with Crippen molar-refractivity contribution >= 4 is 5.91 Å². The summed E-state index contributed by atoms with van der Waals surface area (Å²) in [4.78, 5) is 16.8. The number of hydrogen-bond donors (Lipinski definition) is 0. The average Bonchev–Trinajstić information content (AvgIpc) is 2.99. The third-order valence-electron chi connectivity index (χ3n) is 6.69. The highest BCUT2D eigenvalue weighted by molar-refractivity contribution is 5.73. The average molecular weight is 439 g/mol. The molecule has 0 aromatic heterocycles. The van der Waals surface area contributed by atoms with Gasteiger partial charge in [0.2, 0.25) is 5.91 Å². The molecule has 2 aromatic carbocycles. The Morgan fingerprint density at radius 2 is 1.97 bits per heavy atom. The second-order valence-corrected chi connectivity index (χ2v) is 8.97. The van der Waals surface area contributed by atoms with Crippen molar-refractivity contribution in [2.75, 3.05) is 33.9 Å².